The number of nitrogens with one attached hydrogen (secondary N) is 1. The first kappa shape index (κ1) is 22.1. The largest absolute Gasteiger partial charge is 0.481 e. The van der Waals surface area contributed by atoms with Crippen molar-refractivity contribution in [2.24, 2.45) is 5.16 Å². The number of carboxylic acid groups (broad SMARTS) is 2. The summed E-state index contributed by atoms with van der Waals surface area (Å²) in [4.78, 5) is 34.1. The molecule has 0 heterocycles. The van der Waals surface area contributed by atoms with Crippen LogP contribution in [-0.4, -0.2) is 60.9 Å². The number of nitrogens with zero attached hydrogens (tertiary/aromatic N) is 1. The monoisotopic (exact) mass is 340 g/mol. The Morgan fingerprint density at radius 1 is 1.18 bits per heavy atom. The summed E-state index contributed by atoms with van der Waals surface area (Å²) in [5.74, 6) is -2.15. The zero-order chi connectivity index (χ0) is 18.0. The summed E-state index contributed by atoms with van der Waals surface area (Å²) in [7, 11) is -1.89. The molecule has 0 bridgehead atoms. The Balaban J connectivity index is 0. The highest BCUT2D eigenvalue weighted by Gasteiger charge is 2.28. The predicted molar refractivity (Wildman–Crippen MR) is 77.5 cm³/mol. The molecule has 0 spiro atoms. The molecule has 3 N–H and O–H groups in total. The van der Waals surface area contributed by atoms with E-state index in [-0.39, 0.29) is 12.8 Å². The second-order valence-corrected chi connectivity index (χ2v) is 7.12. The average molecular weight is 340 g/mol. The SMILES string of the molecule is CNC(=O)O/N=C/C(C)(C)S(C)(=O)=O.O=C(O)CCC(=O)O. The van der Waals surface area contributed by atoms with Crippen molar-refractivity contribution in [1.29, 1.82) is 0 Å². The number of carboxylic acids is 2. The van der Waals surface area contributed by atoms with Crippen LogP contribution < -0.4 is 5.32 Å². The molecule has 11 heteroatoms. The van der Waals surface area contributed by atoms with Crippen molar-refractivity contribution in [3.05, 3.63) is 0 Å². The lowest BCUT2D eigenvalue weighted by molar-refractivity contribution is -0.143. The van der Waals surface area contributed by atoms with E-state index in [0.29, 0.717) is 0 Å². The standard InChI is InChI=1S/C7H14N2O4S.C4H6O4/c1-7(2,14(4,11)12)5-9-13-6(10)8-3;5-3(6)1-2-4(7)8/h5H,1-4H3,(H,8,10);1-2H2,(H,5,6)(H,7,8)/b9-5+;. The van der Waals surface area contributed by atoms with E-state index in [2.05, 4.69) is 15.3 Å². The number of carbonyl (C=O) groups is 3. The summed E-state index contributed by atoms with van der Waals surface area (Å²) in [6.45, 7) is 2.91. The van der Waals surface area contributed by atoms with E-state index in [1.54, 1.807) is 0 Å². The van der Waals surface area contributed by atoms with Crippen molar-refractivity contribution in [2.75, 3.05) is 13.3 Å². The van der Waals surface area contributed by atoms with Crippen LogP contribution in [0, 0.1) is 0 Å². The molecule has 0 radical (unpaired) electrons. The van der Waals surface area contributed by atoms with E-state index in [1.807, 2.05) is 0 Å². The summed E-state index contributed by atoms with van der Waals surface area (Å²) in [5, 5.41) is 21.2. The van der Waals surface area contributed by atoms with E-state index in [4.69, 9.17) is 10.2 Å². The number of aliphatic carboxylic acids is 2. The average Bonchev–Trinajstić information content (AvgIpc) is 2.35. The summed E-state index contributed by atoms with van der Waals surface area (Å²) in [6.07, 6.45) is 0.812. The van der Waals surface area contributed by atoms with Crippen LogP contribution in [0.2, 0.25) is 0 Å². The lowest BCUT2D eigenvalue weighted by atomic mass is 10.2. The van der Waals surface area contributed by atoms with Gasteiger partial charge in [0.2, 0.25) is 0 Å². The molecular weight excluding hydrogens is 320 g/mol. The second kappa shape index (κ2) is 9.71. The molecule has 0 rings (SSSR count). The Kier molecular flexibility index (Phi) is 9.76. The fourth-order valence-electron chi connectivity index (χ4n) is 0.556. The molecule has 0 aromatic carbocycles. The van der Waals surface area contributed by atoms with Crippen LogP contribution >= 0.6 is 0 Å². The fourth-order valence-corrected chi connectivity index (χ4v) is 0.791. The molecule has 0 saturated carbocycles. The quantitative estimate of drug-likeness (QED) is 0.348. The van der Waals surface area contributed by atoms with Gasteiger partial charge in [-0.05, 0) is 13.8 Å². The number of hydrogen-bond acceptors (Lipinski definition) is 7. The molecular formula is C11H20N2O8S. The number of sulfone groups is 1. The lowest BCUT2D eigenvalue weighted by Crippen LogP contribution is -2.32. The van der Waals surface area contributed by atoms with Crippen molar-refractivity contribution in [3.63, 3.8) is 0 Å². The van der Waals surface area contributed by atoms with E-state index >= 15 is 0 Å². The Labute approximate surface area is 128 Å². The van der Waals surface area contributed by atoms with E-state index in [9.17, 15) is 22.8 Å². The molecule has 0 fully saturated rings. The Morgan fingerprint density at radius 2 is 1.59 bits per heavy atom. The number of carbonyl (C=O) groups excluding carboxylic acids is 1. The van der Waals surface area contributed by atoms with Crippen molar-refractivity contribution in [1.82, 2.24) is 5.32 Å². The molecule has 0 unspecified atom stereocenters. The van der Waals surface area contributed by atoms with Crippen LogP contribution in [0.3, 0.4) is 0 Å². The van der Waals surface area contributed by atoms with Crippen LogP contribution in [0.4, 0.5) is 4.79 Å². The highest BCUT2D eigenvalue weighted by atomic mass is 32.2. The highest BCUT2D eigenvalue weighted by Crippen LogP contribution is 2.11. The van der Waals surface area contributed by atoms with Gasteiger partial charge in [-0.3, -0.25) is 14.4 Å². The number of amides is 1. The molecule has 0 aliphatic heterocycles. The van der Waals surface area contributed by atoms with Gasteiger partial charge in [0.25, 0.3) is 0 Å². The minimum Gasteiger partial charge on any atom is -0.481 e. The van der Waals surface area contributed by atoms with E-state index in [0.717, 1.165) is 12.5 Å². The van der Waals surface area contributed by atoms with Gasteiger partial charge >= 0.3 is 18.0 Å². The molecule has 10 nitrogen and oxygen atoms in total. The minimum absolute atomic E-state index is 0.296. The van der Waals surface area contributed by atoms with Gasteiger partial charge in [0.15, 0.2) is 9.84 Å². The van der Waals surface area contributed by atoms with Crippen molar-refractivity contribution in [2.45, 2.75) is 31.4 Å². The third-order valence-corrected chi connectivity index (χ3v) is 4.23. The Morgan fingerprint density at radius 3 is 1.86 bits per heavy atom. The van der Waals surface area contributed by atoms with Gasteiger partial charge in [-0.2, -0.15) is 0 Å². The topological polar surface area (TPSA) is 159 Å². The Hall–Kier alpha value is -2.17. The van der Waals surface area contributed by atoms with Gasteiger partial charge in [0.1, 0.15) is 4.75 Å². The van der Waals surface area contributed by atoms with Gasteiger partial charge in [-0.15, -0.1) is 0 Å². The normalized spacial score (nSPS) is 11.3. The molecule has 0 aliphatic rings. The molecule has 128 valence electrons. The maximum atomic E-state index is 11.2. The molecule has 0 aromatic heterocycles. The molecule has 0 aliphatic carbocycles. The zero-order valence-electron chi connectivity index (χ0n) is 12.7. The van der Waals surface area contributed by atoms with Crippen LogP contribution in [0.5, 0.6) is 0 Å². The third-order valence-electron chi connectivity index (χ3n) is 2.21. The van der Waals surface area contributed by atoms with E-state index in [1.165, 1.54) is 20.9 Å². The lowest BCUT2D eigenvalue weighted by Gasteiger charge is -2.15. The van der Waals surface area contributed by atoms with Crippen molar-refractivity contribution < 1.29 is 37.9 Å². The number of hydrogen-bond donors (Lipinski definition) is 3. The maximum absolute atomic E-state index is 11.2. The van der Waals surface area contributed by atoms with Crippen LogP contribution in [-0.2, 0) is 24.3 Å². The van der Waals surface area contributed by atoms with Crippen molar-refractivity contribution in [3.8, 4) is 0 Å². The molecule has 0 aromatic rings. The summed E-state index contributed by atoms with van der Waals surface area (Å²) >= 11 is 0. The smallest absolute Gasteiger partial charge is 0.433 e. The predicted octanol–water partition coefficient (Wildman–Crippen LogP) is 0.0872. The Bertz CT molecular complexity index is 510. The summed E-state index contributed by atoms with van der Waals surface area (Å²) in [5.41, 5.74) is 0. The molecule has 22 heavy (non-hydrogen) atoms. The summed E-state index contributed by atoms with van der Waals surface area (Å²) in [6, 6.07) is 0. The zero-order valence-corrected chi connectivity index (χ0v) is 13.5. The number of rotatable bonds is 6. The van der Waals surface area contributed by atoms with Crippen LogP contribution in [0.15, 0.2) is 5.16 Å². The van der Waals surface area contributed by atoms with Gasteiger partial charge in [0, 0.05) is 13.3 Å². The first-order chi connectivity index (χ1) is 9.83. The van der Waals surface area contributed by atoms with E-state index < -0.39 is 32.6 Å². The maximum Gasteiger partial charge on any atom is 0.433 e. The highest BCUT2D eigenvalue weighted by molar-refractivity contribution is 7.92. The minimum atomic E-state index is -3.27. The first-order valence-corrected chi connectivity index (χ1v) is 7.79. The summed E-state index contributed by atoms with van der Waals surface area (Å²) < 4.78 is 21.2. The molecule has 1 amide bonds. The van der Waals surface area contributed by atoms with Gasteiger partial charge < -0.3 is 15.5 Å². The van der Waals surface area contributed by atoms with Crippen molar-refractivity contribution >= 4 is 34.1 Å². The van der Waals surface area contributed by atoms with Gasteiger partial charge in [0.05, 0.1) is 19.1 Å². The fraction of sp³-hybridized carbons (Fsp3) is 0.636. The molecule has 0 saturated heterocycles. The third kappa shape index (κ3) is 11.6. The number of oxime groups is 1. The molecule has 0 atom stereocenters. The van der Waals surface area contributed by atoms with Crippen LogP contribution in [0.25, 0.3) is 0 Å². The van der Waals surface area contributed by atoms with Gasteiger partial charge in [-0.25, -0.2) is 13.2 Å². The van der Waals surface area contributed by atoms with Crippen LogP contribution in [0.1, 0.15) is 26.7 Å². The second-order valence-electron chi connectivity index (χ2n) is 4.53. The first-order valence-electron chi connectivity index (χ1n) is 5.90. The van der Waals surface area contributed by atoms with Gasteiger partial charge in [-0.1, -0.05) is 5.16 Å².